The van der Waals surface area contributed by atoms with Gasteiger partial charge in [0.2, 0.25) is 0 Å². The maximum atomic E-state index is 9.82. The maximum absolute atomic E-state index is 9.82. The molecule has 1 aromatic carbocycles. The van der Waals surface area contributed by atoms with Crippen molar-refractivity contribution in [1.82, 2.24) is 5.32 Å². The van der Waals surface area contributed by atoms with Crippen LogP contribution in [0.15, 0.2) is 24.3 Å². The van der Waals surface area contributed by atoms with Crippen molar-refractivity contribution in [1.29, 1.82) is 0 Å². The third-order valence-electron chi connectivity index (χ3n) is 2.35. The van der Waals surface area contributed by atoms with E-state index in [0.29, 0.717) is 0 Å². The number of hydrogen-bond acceptors (Lipinski definition) is 2. The topological polar surface area (TPSA) is 32.3 Å². The predicted octanol–water partition coefficient (Wildman–Crippen LogP) is 2.06. The van der Waals surface area contributed by atoms with E-state index in [9.17, 15) is 5.11 Å². The zero-order chi connectivity index (χ0) is 9.84. The lowest BCUT2D eigenvalue weighted by Gasteiger charge is -2.18. The molecular weight excluding hydrogens is 198 g/mol. The molecule has 2 nitrogen and oxygen atoms in total. The van der Waals surface area contributed by atoms with Gasteiger partial charge in [-0.15, -0.1) is 12.4 Å². The lowest BCUT2D eigenvalue weighted by molar-refractivity contribution is 0.140. The molecule has 2 N–H and O–H groups in total. The molecule has 2 atom stereocenters. The first-order valence-corrected chi connectivity index (χ1v) is 4.57. The summed E-state index contributed by atoms with van der Waals surface area (Å²) in [4.78, 5) is 0. The van der Waals surface area contributed by atoms with Crippen LogP contribution in [0.25, 0.3) is 0 Å². The molecule has 0 fully saturated rings. The lowest BCUT2D eigenvalue weighted by atomic mass is 10.0. The van der Waals surface area contributed by atoms with Crippen molar-refractivity contribution in [2.24, 2.45) is 0 Å². The normalized spacial score (nSPS) is 14.3. The molecule has 1 aromatic rings. The van der Waals surface area contributed by atoms with Gasteiger partial charge in [-0.05, 0) is 26.5 Å². The molecule has 0 radical (unpaired) electrons. The summed E-state index contributed by atoms with van der Waals surface area (Å²) in [5, 5.41) is 12.8. The second-order valence-corrected chi connectivity index (χ2v) is 3.43. The molecule has 0 aliphatic heterocycles. The largest absolute Gasteiger partial charge is 0.387 e. The molecule has 0 aromatic heterocycles. The standard InChI is InChI=1S/C11H17NO.ClH/c1-8-4-6-10(7-5-8)11(13)9(2)12-3;/h4-7,9,11-13H,1-3H3;1H/t9-,11+;/m1./s1. The number of nitrogens with one attached hydrogen (secondary N) is 1. The first kappa shape index (κ1) is 13.4. The van der Waals surface area contributed by atoms with E-state index in [4.69, 9.17) is 0 Å². The molecule has 0 aliphatic rings. The molecule has 0 heterocycles. The Labute approximate surface area is 91.8 Å². The van der Waals surface area contributed by atoms with Crippen LogP contribution in [0.4, 0.5) is 0 Å². The Balaban J connectivity index is 0.00000169. The van der Waals surface area contributed by atoms with Crippen LogP contribution in [0.1, 0.15) is 24.2 Å². The number of aryl methyl sites for hydroxylation is 1. The van der Waals surface area contributed by atoms with E-state index in [-0.39, 0.29) is 18.4 Å². The molecule has 0 bridgehead atoms. The number of halogens is 1. The second-order valence-electron chi connectivity index (χ2n) is 3.43. The van der Waals surface area contributed by atoms with Gasteiger partial charge in [-0.2, -0.15) is 0 Å². The molecular formula is C11H18ClNO. The van der Waals surface area contributed by atoms with E-state index in [1.165, 1.54) is 5.56 Å². The average molecular weight is 216 g/mol. The van der Waals surface area contributed by atoms with Crippen LogP contribution in [0.5, 0.6) is 0 Å². The molecule has 14 heavy (non-hydrogen) atoms. The fourth-order valence-electron chi connectivity index (χ4n) is 1.21. The van der Waals surface area contributed by atoms with Gasteiger partial charge in [0.25, 0.3) is 0 Å². The van der Waals surface area contributed by atoms with Crippen LogP contribution >= 0.6 is 12.4 Å². The van der Waals surface area contributed by atoms with Crippen molar-refractivity contribution in [2.45, 2.75) is 26.0 Å². The van der Waals surface area contributed by atoms with Crippen molar-refractivity contribution in [3.05, 3.63) is 35.4 Å². The maximum Gasteiger partial charge on any atom is 0.0940 e. The minimum Gasteiger partial charge on any atom is -0.387 e. The van der Waals surface area contributed by atoms with E-state index >= 15 is 0 Å². The molecule has 0 saturated heterocycles. The highest BCUT2D eigenvalue weighted by Gasteiger charge is 2.13. The zero-order valence-corrected chi connectivity index (χ0v) is 9.64. The summed E-state index contributed by atoms with van der Waals surface area (Å²) in [6, 6.07) is 8.05. The van der Waals surface area contributed by atoms with Crippen molar-refractivity contribution >= 4 is 12.4 Å². The highest BCUT2D eigenvalue weighted by molar-refractivity contribution is 5.85. The average Bonchev–Trinajstić information content (AvgIpc) is 2.17. The summed E-state index contributed by atoms with van der Waals surface area (Å²) in [5.74, 6) is 0. The summed E-state index contributed by atoms with van der Waals surface area (Å²) in [6.45, 7) is 4.00. The summed E-state index contributed by atoms with van der Waals surface area (Å²) >= 11 is 0. The van der Waals surface area contributed by atoms with E-state index in [0.717, 1.165) is 5.56 Å². The number of rotatable bonds is 3. The van der Waals surface area contributed by atoms with Crippen LogP contribution in [0.3, 0.4) is 0 Å². The van der Waals surface area contributed by atoms with Gasteiger partial charge in [0.1, 0.15) is 0 Å². The van der Waals surface area contributed by atoms with E-state index in [1.54, 1.807) is 0 Å². The van der Waals surface area contributed by atoms with Gasteiger partial charge in [-0.3, -0.25) is 0 Å². The predicted molar refractivity (Wildman–Crippen MR) is 61.9 cm³/mol. The number of hydrogen-bond donors (Lipinski definition) is 2. The minimum absolute atomic E-state index is 0. The van der Waals surface area contributed by atoms with Crippen molar-refractivity contribution < 1.29 is 5.11 Å². The van der Waals surface area contributed by atoms with Crippen molar-refractivity contribution in [2.75, 3.05) is 7.05 Å². The van der Waals surface area contributed by atoms with Gasteiger partial charge in [0.15, 0.2) is 0 Å². The molecule has 0 saturated carbocycles. The van der Waals surface area contributed by atoms with Gasteiger partial charge in [0, 0.05) is 6.04 Å². The number of aliphatic hydroxyl groups is 1. The Kier molecular flexibility index (Phi) is 5.77. The van der Waals surface area contributed by atoms with Gasteiger partial charge in [0.05, 0.1) is 6.10 Å². The third-order valence-corrected chi connectivity index (χ3v) is 2.35. The highest BCUT2D eigenvalue weighted by Crippen LogP contribution is 2.16. The van der Waals surface area contributed by atoms with E-state index in [1.807, 2.05) is 45.2 Å². The molecule has 0 aliphatic carbocycles. The summed E-state index contributed by atoms with van der Waals surface area (Å²) in [7, 11) is 1.85. The Morgan fingerprint density at radius 1 is 1.21 bits per heavy atom. The molecule has 0 unspecified atom stereocenters. The van der Waals surface area contributed by atoms with Gasteiger partial charge in [-0.25, -0.2) is 0 Å². The van der Waals surface area contributed by atoms with Crippen LogP contribution < -0.4 is 5.32 Å². The monoisotopic (exact) mass is 215 g/mol. The Hall–Kier alpha value is -0.570. The molecule has 3 heteroatoms. The van der Waals surface area contributed by atoms with Crippen LogP contribution in [0.2, 0.25) is 0 Å². The summed E-state index contributed by atoms with van der Waals surface area (Å²) in [5.41, 5.74) is 2.18. The van der Waals surface area contributed by atoms with Gasteiger partial charge in [-0.1, -0.05) is 29.8 Å². The Bertz CT molecular complexity index is 260. The van der Waals surface area contributed by atoms with E-state index in [2.05, 4.69) is 5.32 Å². The number of benzene rings is 1. The third kappa shape index (κ3) is 3.29. The van der Waals surface area contributed by atoms with Crippen LogP contribution in [-0.4, -0.2) is 18.2 Å². The van der Waals surface area contributed by atoms with Gasteiger partial charge < -0.3 is 10.4 Å². The fourth-order valence-corrected chi connectivity index (χ4v) is 1.21. The summed E-state index contributed by atoms with van der Waals surface area (Å²) in [6.07, 6.45) is -0.425. The van der Waals surface area contributed by atoms with Crippen LogP contribution in [0, 0.1) is 6.92 Å². The zero-order valence-electron chi connectivity index (χ0n) is 8.82. The number of aliphatic hydroxyl groups excluding tert-OH is 1. The van der Waals surface area contributed by atoms with E-state index < -0.39 is 6.10 Å². The fraction of sp³-hybridized carbons (Fsp3) is 0.455. The lowest BCUT2D eigenvalue weighted by Crippen LogP contribution is -2.28. The first-order valence-electron chi connectivity index (χ1n) is 4.57. The van der Waals surface area contributed by atoms with Crippen molar-refractivity contribution in [3.63, 3.8) is 0 Å². The SMILES string of the molecule is CN[C@H](C)[C@H](O)c1ccc(C)cc1.Cl. The quantitative estimate of drug-likeness (QED) is 0.809. The molecule has 0 amide bonds. The molecule has 0 spiro atoms. The first-order chi connectivity index (χ1) is 6.15. The Morgan fingerprint density at radius 3 is 2.14 bits per heavy atom. The number of likely N-dealkylation sites (N-methyl/N-ethyl adjacent to an activating group) is 1. The molecule has 80 valence electrons. The second kappa shape index (κ2) is 6.02. The summed E-state index contributed by atoms with van der Waals surface area (Å²) < 4.78 is 0. The Morgan fingerprint density at radius 2 is 1.71 bits per heavy atom. The van der Waals surface area contributed by atoms with Gasteiger partial charge >= 0.3 is 0 Å². The highest BCUT2D eigenvalue weighted by atomic mass is 35.5. The van der Waals surface area contributed by atoms with Crippen molar-refractivity contribution in [3.8, 4) is 0 Å². The van der Waals surface area contributed by atoms with Crippen LogP contribution in [-0.2, 0) is 0 Å². The smallest absolute Gasteiger partial charge is 0.0940 e. The minimum atomic E-state index is -0.425. The molecule has 1 rings (SSSR count).